The highest BCUT2D eigenvalue weighted by atomic mass is 32.2. The first-order chi connectivity index (χ1) is 14.2. The number of ether oxygens (including phenoxy) is 1. The van der Waals surface area contributed by atoms with Gasteiger partial charge < -0.3 is 4.74 Å². The molecule has 7 heteroatoms. The van der Waals surface area contributed by atoms with E-state index in [9.17, 15) is 4.39 Å². The van der Waals surface area contributed by atoms with E-state index in [1.807, 2.05) is 49.4 Å². The minimum atomic E-state index is -0.200. The Hall–Kier alpha value is -2.77. The van der Waals surface area contributed by atoms with Gasteiger partial charge >= 0.3 is 0 Å². The normalized spacial score (nSPS) is 10.9. The van der Waals surface area contributed by atoms with Crippen molar-refractivity contribution in [2.45, 2.75) is 17.7 Å². The van der Waals surface area contributed by atoms with Crippen LogP contribution in [0.1, 0.15) is 11.3 Å². The van der Waals surface area contributed by atoms with E-state index in [4.69, 9.17) is 9.72 Å². The topological polar surface area (TPSA) is 47.9 Å². The lowest BCUT2D eigenvalue weighted by Gasteiger charge is -2.04. The van der Waals surface area contributed by atoms with Gasteiger partial charge in [-0.25, -0.2) is 9.37 Å². The van der Waals surface area contributed by atoms with Crippen molar-refractivity contribution in [2.75, 3.05) is 7.11 Å². The Kier molecular flexibility index (Phi) is 5.87. The molecule has 4 nitrogen and oxygen atoms in total. The van der Waals surface area contributed by atoms with E-state index in [2.05, 4.69) is 10.2 Å². The van der Waals surface area contributed by atoms with Gasteiger partial charge in [0.25, 0.3) is 0 Å². The third-order valence-corrected chi connectivity index (χ3v) is 6.52. The van der Waals surface area contributed by atoms with Gasteiger partial charge in [0.2, 0.25) is 0 Å². The van der Waals surface area contributed by atoms with E-state index in [-0.39, 0.29) is 5.82 Å². The van der Waals surface area contributed by atoms with Gasteiger partial charge in [0, 0.05) is 5.75 Å². The summed E-state index contributed by atoms with van der Waals surface area (Å²) in [4.78, 5) is 5.67. The number of hydrogen-bond acceptors (Lipinski definition) is 6. The molecule has 0 N–H and O–H groups in total. The van der Waals surface area contributed by atoms with Gasteiger partial charge in [-0.2, -0.15) is 0 Å². The molecule has 0 amide bonds. The number of para-hydroxylation sites is 1. The fourth-order valence-electron chi connectivity index (χ4n) is 2.86. The molecule has 0 bridgehead atoms. The Morgan fingerprint density at radius 1 is 1.00 bits per heavy atom. The number of nitrogens with zero attached hydrogens (tertiary/aromatic N) is 3. The van der Waals surface area contributed by atoms with E-state index >= 15 is 0 Å². The Balaban J connectivity index is 1.54. The average molecular weight is 424 g/mol. The first-order valence-corrected chi connectivity index (χ1v) is 10.8. The predicted molar refractivity (Wildman–Crippen MR) is 116 cm³/mol. The smallest absolute Gasteiger partial charge is 0.129 e. The quantitative estimate of drug-likeness (QED) is 0.355. The molecule has 2 aromatic carbocycles. The number of aryl methyl sites for hydroxylation is 1. The maximum Gasteiger partial charge on any atom is 0.129 e. The molecule has 0 aliphatic carbocycles. The summed E-state index contributed by atoms with van der Waals surface area (Å²) in [6.45, 7) is 1.97. The number of methoxy groups -OCH3 is 1. The number of thiazole rings is 1. The van der Waals surface area contributed by atoms with Crippen molar-refractivity contribution in [3.05, 3.63) is 77.7 Å². The highest BCUT2D eigenvalue weighted by Crippen LogP contribution is 2.38. The lowest BCUT2D eigenvalue weighted by Crippen LogP contribution is -1.91. The van der Waals surface area contributed by atoms with Crippen molar-refractivity contribution in [2.24, 2.45) is 0 Å². The molecule has 0 aliphatic rings. The summed E-state index contributed by atoms with van der Waals surface area (Å²) in [6.07, 6.45) is 0. The van der Waals surface area contributed by atoms with Gasteiger partial charge in [0.15, 0.2) is 0 Å². The molecule has 2 aromatic heterocycles. The fourth-order valence-corrected chi connectivity index (χ4v) is 4.72. The SMILES string of the molecule is COc1ccccc1-c1nc(C)c(-c2ccc(SCc3ccccc3F)nn2)s1. The predicted octanol–water partition coefficient (Wildman–Crippen LogP) is 6.02. The molecule has 146 valence electrons. The number of aromatic nitrogens is 3. The van der Waals surface area contributed by atoms with Crippen LogP contribution in [-0.2, 0) is 5.75 Å². The number of hydrogen-bond donors (Lipinski definition) is 0. The molecular formula is C22H18FN3OS2. The zero-order valence-electron chi connectivity index (χ0n) is 15.9. The van der Waals surface area contributed by atoms with Crippen LogP contribution in [0.15, 0.2) is 65.7 Å². The van der Waals surface area contributed by atoms with E-state index in [0.29, 0.717) is 11.3 Å². The molecule has 0 saturated carbocycles. The van der Waals surface area contributed by atoms with E-state index in [0.717, 1.165) is 37.6 Å². The highest BCUT2D eigenvalue weighted by molar-refractivity contribution is 7.98. The first-order valence-electron chi connectivity index (χ1n) is 8.97. The van der Waals surface area contributed by atoms with Crippen LogP contribution in [0.5, 0.6) is 5.75 Å². The molecule has 2 heterocycles. The zero-order valence-corrected chi connectivity index (χ0v) is 17.6. The summed E-state index contributed by atoms with van der Waals surface area (Å²) < 4.78 is 19.2. The molecule has 0 aliphatic heterocycles. The molecule has 0 saturated heterocycles. The summed E-state index contributed by atoms with van der Waals surface area (Å²) in [5.41, 5.74) is 3.29. The second-order valence-corrected chi connectivity index (χ2v) is 8.27. The third kappa shape index (κ3) is 4.31. The van der Waals surface area contributed by atoms with Crippen molar-refractivity contribution in [3.63, 3.8) is 0 Å². The van der Waals surface area contributed by atoms with E-state index in [1.54, 1.807) is 30.6 Å². The number of thioether (sulfide) groups is 1. The number of halogens is 1. The lowest BCUT2D eigenvalue weighted by atomic mass is 10.2. The lowest BCUT2D eigenvalue weighted by molar-refractivity contribution is 0.416. The largest absolute Gasteiger partial charge is 0.496 e. The van der Waals surface area contributed by atoms with Crippen LogP contribution in [0.4, 0.5) is 4.39 Å². The molecular weight excluding hydrogens is 405 g/mol. The fraction of sp³-hybridized carbons (Fsp3) is 0.136. The van der Waals surface area contributed by atoms with Gasteiger partial charge in [0.05, 0.1) is 23.2 Å². The molecule has 29 heavy (non-hydrogen) atoms. The summed E-state index contributed by atoms with van der Waals surface area (Å²) in [5, 5.41) is 10.3. The average Bonchev–Trinajstić information content (AvgIpc) is 3.15. The Morgan fingerprint density at radius 2 is 1.79 bits per heavy atom. The molecule has 4 aromatic rings. The van der Waals surface area contributed by atoms with Crippen LogP contribution in [0.25, 0.3) is 21.1 Å². The molecule has 4 rings (SSSR count). The van der Waals surface area contributed by atoms with Crippen molar-refractivity contribution in [1.82, 2.24) is 15.2 Å². The maximum atomic E-state index is 13.8. The van der Waals surface area contributed by atoms with Crippen LogP contribution in [0, 0.1) is 12.7 Å². The highest BCUT2D eigenvalue weighted by Gasteiger charge is 2.15. The Morgan fingerprint density at radius 3 is 2.55 bits per heavy atom. The van der Waals surface area contributed by atoms with E-state index < -0.39 is 0 Å². The second-order valence-electron chi connectivity index (χ2n) is 6.27. The summed E-state index contributed by atoms with van der Waals surface area (Å²) >= 11 is 3.02. The van der Waals surface area contributed by atoms with Crippen LogP contribution in [0.3, 0.4) is 0 Å². The Labute approximate surface area is 176 Å². The first kappa shape index (κ1) is 19.5. The third-order valence-electron chi connectivity index (χ3n) is 4.34. The van der Waals surface area contributed by atoms with Crippen LogP contribution in [0.2, 0.25) is 0 Å². The van der Waals surface area contributed by atoms with Crippen LogP contribution < -0.4 is 4.74 Å². The van der Waals surface area contributed by atoms with Crippen molar-refractivity contribution < 1.29 is 9.13 Å². The minimum absolute atomic E-state index is 0.200. The number of rotatable bonds is 6. The summed E-state index contributed by atoms with van der Waals surface area (Å²) in [7, 11) is 1.66. The molecule has 0 atom stereocenters. The van der Waals surface area contributed by atoms with Gasteiger partial charge in [-0.3, -0.25) is 0 Å². The summed E-state index contributed by atoms with van der Waals surface area (Å²) in [5.74, 6) is 1.10. The van der Waals surface area contributed by atoms with E-state index in [1.165, 1.54) is 17.8 Å². The maximum absolute atomic E-state index is 13.8. The molecule has 0 unspecified atom stereocenters. The van der Waals surface area contributed by atoms with Gasteiger partial charge in [-0.15, -0.1) is 21.5 Å². The van der Waals surface area contributed by atoms with Crippen LogP contribution in [-0.4, -0.2) is 22.3 Å². The van der Waals surface area contributed by atoms with Gasteiger partial charge in [0.1, 0.15) is 27.3 Å². The molecule has 0 spiro atoms. The van der Waals surface area contributed by atoms with Crippen LogP contribution >= 0.6 is 23.1 Å². The molecule has 0 fully saturated rings. The van der Waals surface area contributed by atoms with Crippen molar-refractivity contribution in [3.8, 4) is 26.9 Å². The monoisotopic (exact) mass is 423 g/mol. The zero-order chi connectivity index (χ0) is 20.2. The van der Waals surface area contributed by atoms with Gasteiger partial charge in [-0.05, 0) is 42.8 Å². The summed E-state index contributed by atoms with van der Waals surface area (Å²) in [6, 6.07) is 18.4. The standard InChI is InChI=1S/C22H18FN3OS2/c1-14-21(29-22(24-14)16-8-4-6-10-19(16)27-2)18-11-12-20(26-25-18)28-13-15-7-3-5-9-17(15)23/h3-12H,13H2,1-2H3. The molecule has 0 radical (unpaired) electrons. The van der Waals surface area contributed by atoms with Crippen molar-refractivity contribution >= 4 is 23.1 Å². The second kappa shape index (κ2) is 8.71. The number of benzene rings is 2. The minimum Gasteiger partial charge on any atom is -0.496 e. The van der Waals surface area contributed by atoms with Gasteiger partial charge in [-0.1, -0.05) is 42.1 Å². The Bertz CT molecular complexity index is 1130. The van der Waals surface area contributed by atoms with Crippen molar-refractivity contribution in [1.29, 1.82) is 0 Å².